The molecule has 0 bridgehead atoms. The Kier molecular flexibility index (Phi) is 3.24. The van der Waals surface area contributed by atoms with Crippen LogP contribution in [-0.4, -0.2) is 15.7 Å². The predicted molar refractivity (Wildman–Crippen MR) is 53.4 cm³/mol. The van der Waals surface area contributed by atoms with Crippen LogP contribution in [0, 0.1) is 13.8 Å². The van der Waals surface area contributed by atoms with Crippen molar-refractivity contribution in [1.29, 1.82) is 0 Å². The summed E-state index contributed by atoms with van der Waals surface area (Å²) in [5, 5.41) is 4.29. The van der Waals surface area contributed by atoms with Gasteiger partial charge in [0.1, 0.15) is 0 Å². The molecule has 5 heteroatoms. The van der Waals surface area contributed by atoms with E-state index in [9.17, 15) is 4.79 Å². The lowest BCUT2D eigenvalue weighted by molar-refractivity contribution is -0.121. The van der Waals surface area contributed by atoms with Gasteiger partial charge in [-0.3, -0.25) is 14.9 Å². The maximum absolute atomic E-state index is 11.0. The minimum absolute atomic E-state index is 0.0345. The summed E-state index contributed by atoms with van der Waals surface area (Å²) < 4.78 is 1.84. The Morgan fingerprint density at radius 1 is 1.71 bits per heavy atom. The molecule has 1 atom stereocenters. The van der Waals surface area contributed by atoms with Gasteiger partial charge in [-0.05, 0) is 26.8 Å². The average molecular weight is 196 g/mol. The fourth-order valence-electron chi connectivity index (χ4n) is 1.51. The van der Waals surface area contributed by atoms with Crippen molar-refractivity contribution in [3.05, 3.63) is 17.5 Å². The van der Waals surface area contributed by atoms with E-state index in [1.165, 1.54) is 0 Å². The minimum atomic E-state index is -0.176. The maximum atomic E-state index is 11.0. The van der Waals surface area contributed by atoms with Crippen LogP contribution >= 0.6 is 0 Å². The van der Waals surface area contributed by atoms with Crippen LogP contribution in [0.3, 0.4) is 0 Å². The van der Waals surface area contributed by atoms with E-state index in [2.05, 4.69) is 10.5 Å². The summed E-state index contributed by atoms with van der Waals surface area (Å²) in [4.78, 5) is 11.0. The normalized spacial score (nSPS) is 12.6. The lowest BCUT2D eigenvalue weighted by atomic mass is 10.2. The highest BCUT2D eigenvalue weighted by Gasteiger charge is 2.12. The first-order chi connectivity index (χ1) is 6.54. The summed E-state index contributed by atoms with van der Waals surface area (Å²) in [6.45, 7) is 5.84. The number of nitrogens with two attached hydrogens (primary N) is 1. The van der Waals surface area contributed by atoms with Crippen LogP contribution in [0.5, 0.6) is 0 Å². The molecule has 5 nitrogen and oxygen atoms in total. The Morgan fingerprint density at radius 3 is 2.79 bits per heavy atom. The Morgan fingerprint density at radius 2 is 2.36 bits per heavy atom. The number of hydrogen-bond donors (Lipinski definition) is 2. The van der Waals surface area contributed by atoms with E-state index in [1.54, 1.807) is 0 Å². The largest absolute Gasteiger partial charge is 0.294 e. The summed E-state index contributed by atoms with van der Waals surface area (Å²) in [5.41, 5.74) is 4.13. The molecule has 1 amide bonds. The number of rotatable bonds is 3. The Hall–Kier alpha value is -1.36. The molecule has 1 heterocycles. The van der Waals surface area contributed by atoms with E-state index < -0.39 is 0 Å². The molecular formula is C9H16N4O. The Labute approximate surface area is 83.2 Å². The highest BCUT2D eigenvalue weighted by atomic mass is 16.2. The average Bonchev–Trinajstić information content (AvgIpc) is 2.45. The molecule has 0 fully saturated rings. The monoisotopic (exact) mass is 196 g/mol. The van der Waals surface area contributed by atoms with Gasteiger partial charge in [-0.2, -0.15) is 5.10 Å². The number of hydrogen-bond acceptors (Lipinski definition) is 3. The molecular weight excluding hydrogens is 180 g/mol. The van der Waals surface area contributed by atoms with Crippen molar-refractivity contribution in [2.24, 2.45) is 5.84 Å². The van der Waals surface area contributed by atoms with Gasteiger partial charge in [0, 0.05) is 5.69 Å². The van der Waals surface area contributed by atoms with Crippen molar-refractivity contribution in [3.8, 4) is 0 Å². The zero-order valence-corrected chi connectivity index (χ0v) is 8.74. The summed E-state index contributed by atoms with van der Waals surface area (Å²) in [6.07, 6.45) is 0.346. The molecule has 0 saturated carbocycles. The van der Waals surface area contributed by atoms with Crippen LogP contribution < -0.4 is 11.3 Å². The summed E-state index contributed by atoms with van der Waals surface area (Å²) >= 11 is 0. The van der Waals surface area contributed by atoms with E-state index in [4.69, 9.17) is 5.84 Å². The van der Waals surface area contributed by atoms with Crippen LogP contribution in [0.15, 0.2) is 6.07 Å². The molecule has 0 aliphatic carbocycles. The van der Waals surface area contributed by atoms with Crippen LogP contribution in [-0.2, 0) is 4.79 Å². The third-order valence-corrected chi connectivity index (χ3v) is 2.10. The molecule has 1 aromatic rings. The van der Waals surface area contributed by atoms with Gasteiger partial charge in [-0.25, -0.2) is 5.84 Å². The number of aryl methyl sites for hydroxylation is 2. The van der Waals surface area contributed by atoms with Gasteiger partial charge in [0.25, 0.3) is 0 Å². The number of carbonyl (C=O) groups is 1. The number of nitrogens with zero attached hydrogens (tertiary/aromatic N) is 2. The molecule has 0 unspecified atom stereocenters. The van der Waals surface area contributed by atoms with E-state index in [1.807, 2.05) is 31.5 Å². The molecule has 14 heavy (non-hydrogen) atoms. The molecule has 0 radical (unpaired) electrons. The molecule has 78 valence electrons. The van der Waals surface area contributed by atoms with Crippen LogP contribution in [0.1, 0.15) is 30.8 Å². The standard InChI is InChI=1S/C9H16N4O/c1-6-4-7(2)13(12-6)8(3)5-9(14)11-10/h4,8H,5,10H2,1-3H3,(H,11,14)/t8-/m0/s1. The van der Waals surface area contributed by atoms with Crippen LogP contribution in [0.4, 0.5) is 0 Å². The minimum Gasteiger partial charge on any atom is -0.294 e. The SMILES string of the molecule is Cc1cc(C)n([C@@H](C)CC(=O)NN)n1. The zero-order chi connectivity index (χ0) is 10.7. The lowest BCUT2D eigenvalue weighted by Gasteiger charge is -2.12. The van der Waals surface area contributed by atoms with Crippen molar-refractivity contribution >= 4 is 5.91 Å². The first-order valence-corrected chi connectivity index (χ1v) is 4.56. The van der Waals surface area contributed by atoms with E-state index in [-0.39, 0.29) is 11.9 Å². The van der Waals surface area contributed by atoms with Gasteiger partial charge < -0.3 is 0 Å². The molecule has 1 aromatic heterocycles. The second-order valence-corrected chi connectivity index (χ2v) is 3.49. The second-order valence-electron chi connectivity index (χ2n) is 3.49. The molecule has 0 aromatic carbocycles. The zero-order valence-electron chi connectivity index (χ0n) is 8.74. The first kappa shape index (κ1) is 10.7. The maximum Gasteiger partial charge on any atom is 0.236 e. The van der Waals surface area contributed by atoms with Crippen molar-refractivity contribution < 1.29 is 4.79 Å². The number of aromatic nitrogens is 2. The number of hydrazine groups is 1. The number of nitrogens with one attached hydrogen (secondary N) is 1. The molecule has 0 aliphatic heterocycles. The molecule has 0 spiro atoms. The van der Waals surface area contributed by atoms with Gasteiger partial charge in [0.05, 0.1) is 18.2 Å². The van der Waals surface area contributed by atoms with Crippen molar-refractivity contribution in [2.45, 2.75) is 33.2 Å². The first-order valence-electron chi connectivity index (χ1n) is 4.56. The van der Waals surface area contributed by atoms with E-state index in [0.717, 1.165) is 11.4 Å². The van der Waals surface area contributed by atoms with Crippen molar-refractivity contribution in [1.82, 2.24) is 15.2 Å². The molecule has 0 aliphatic rings. The third-order valence-electron chi connectivity index (χ3n) is 2.10. The van der Waals surface area contributed by atoms with Gasteiger partial charge >= 0.3 is 0 Å². The van der Waals surface area contributed by atoms with Gasteiger partial charge in [0.15, 0.2) is 0 Å². The smallest absolute Gasteiger partial charge is 0.236 e. The highest BCUT2D eigenvalue weighted by Crippen LogP contribution is 2.13. The lowest BCUT2D eigenvalue weighted by Crippen LogP contribution is -2.31. The van der Waals surface area contributed by atoms with Crippen LogP contribution in [0.2, 0.25) is 0 Å². The predicted octanol–water partition coefficient (Wildman–Crippen LogP) is 0.441. The second kappa shape index (κ2) is 4.23. The molecule has 0 saturated heterocycles. The van der Waals surface area contributed by atoms with E-state index in [0.29, 0.717) is 6.42 Å². The molecule has 1 rings (SSSR count). The van der Waals surface area contributed by atoms with Gasteiger partial charge in [0.2, 0.25) is 5.91 Å². The van der Waals surface area contributed by atoms with Crippen molar-refractivity contribution in [2.75, 3.05) is 0 Å². The quantitative estimate of drug-likeness (QED) is 0.418. The summed E-state index contributed by atoms with van der Waals surface area (Å²) in [7, 11) is 0. The topological polar surface area (TPSA) is 72.9 Å². The van der Waals surface area contributed by atoms with Gasteiger partial charge in [-0.1, -0.05) is 0 Å². The Bertz CT molecular complexity index is 332. The van der Waals surface area contributed by atoms with Crippen LogP contribution in [0.25, 0.3) is 0 Å². The number of amides is 1. The fourth-order valence-corrected chi connectivity index (χ4v) is 1.51. The molecule has 3 N–H and O–H groups in total. The van der Waals surface area contributed by atoms with E-state index >= 15 is 0 Å². The van der Waals surface area contributed by atoms with Gasteiger partial charge in [-0.15, -0.1) is 0 Å². The Balaban J connectivity index is 2.73. The number of carbonyl (C=O) groups excluding carboxylic acids is 1. The fraction of sp³-hybridized carbons (Fsp3) is 0.556. The third kappa shape index (κ3) is 2.32. The highest BCUT2D eigenvalue weighted by molar-refractivity contribution is 5.75. The van der Waals surface area contributed by atoms with Crippen molar-refractivity contribution in [3.63, 3.8) is 0 Å². The summed E-state index contributed by atoms with van der Waals surface area (Å²) in [5.74, 6) is 4.84. The summed E-state index contributed by atoms with van der Waals surface area (Å²) in [6, 6.07) is 2.02.